The topological polar surface area (TPSA) is 102 Å². The van der Waals surface area contributed by atoms with Crippen molar-refractivity contribution in [3.05, 3.63) is 36.0 Å². The Morgan fingerprint density at radius 1 is 1.31 bits per heavy atom. The molecule has 0 saturated heterocycles. The zero-order valence-corrected chi connectivity index (χ0v) is 8.56. The monoisotopic (exact) mass is 220 g/mol. The van der Waals surface area contributed by atoms with E-state index in [0.717, 1.165) is 0 Å². The maximum atomic E-state index is 11.4. The standard InChI is InChI=1S/C10H10N3O3/c1-6(8(11)14)9(15)13-10(16)7-4-2-3-5-12-7/h2-5H,1H3,(H2,11,14)(H,13,15,16). The number of pyridine rings is 1. The van der Waals surface area contributed by atoms with Crippen LogP contribution in [0.5, 0.6) is 0 Å². The largest absolute Gasteiger partial charge is 0.369 e. The highest BCUT2D eigenvalue weighted by molar-refractivity contribution is 6.18. The Morgan fingerprint density at radius 3 is 2.50 bits per heavy atom. The van der Waals surface area contributed by atoms with E-state index in [9.17, 15) is 14.4 Å². The Bertz CT molecular complexity index is 417. The summed E-state index contributed by atoms with van der Waals surface area (Å²) in [6, 6.07) is 4.69. The lowest BCUT2D eigenvalue weighted by atomic mass is 10.1. The Morgan fingerprint density at radius 2 is 2.00 bits per heavy atom. The van der Waals surface area contributed by atoms with Crippen LogP contribution in [0.4, 0.5) is 0 Å². The van der Waals surface area contributed by atoms with Crippen LogP contribution in [0.15, 0.2) is 24.4 Å². The van der Waals surface area contributed by atoms with Crippen molar-refractivity contribution >= 4 is 17.7 Å². The van der Waals surface area contributed by atoms with E-state index in [-0.39, 0.29) is 11.6 Å². The van der Waals surface area contributed by atoms with Gasteiger partial charge >= 0.3 is 0 Å². The van der Waals surface area contributed by atoms with Gasteiger partial charge in [-0.1, -0.05) is 6.07 Å². The second-order valence-electron chi connectivity index (χ2n) is 2.99. The molecule has 0 aromatic carbocycles. The molecule has 0 unspecified atom stereocenters. The van der Waals surface area contributed by atoms with E-state index in [1.54, 1.807) is 12.1 Å². The van der Waals surface area contributed by atoms with Crippen LogP contribution >= 0.6 is 0 Å². The van der Waals surface area contributed by atoms with Crippen molar-refractivity contribution < 1.29 is 14.4 Å². The second kappa shape index (κ2) is 5.01. The quantitative estimate of drug-likeness (QED) is 0.665. The fraction of sp³-hybridized carbons (Fsp3) is 0.100. The molecule has 16 heavy (non-hydrogen) atoms. The maximum absolute atomic E-state index is 11.4. The lowest BCUT2D eigenvalue weighted by Crippen LogP contribution is -2.39. The van der Waals surface area contributed by atoms with Crippen LogP contribution < -0.4 is 11.1 Å². The third-order valence-corrected chi connectivity index (χ3v) is 1.83. The third-order valence-electron chi connectivity index (χ3n) is 1.83. The van der Waals surface area contributed by atoms with Gasteiger partial charge in [-0.15, -0.1) is 0 Å². The normalized spacial score (nSPS) is 9.88. The first-order valence-electron chi connectivity index (χ1n) is 4.42. The number of imide groups is 1. The average Bonchev–Trinajstić information content (AvgIpc) is 2.28. The molecule has 3 N–H and O–H groups in total. The highest BCUT2D eigenvalue weighted by Gasteiger charge is 2.22. The molecule has 0 saturated carbocycles. The van der Waals surface area contributed by atoms with Gasteiger partial charge in [0.1, 0.15) is 11.6 Å². The van der Waals surface area contributed by atoms with Crippen molar-refractivity contribution in [1.82, 2.24) is 10.3 Å². The minimum Gasteiger partial charge on any atom is -0.369 e. The smallest absolute Gasteiger partial charge is 0.276 e. The lowest BCUT2D eigenvalue weighted by Gasteiger charge is -2.06. The Labute approximate surface area is 91.9 Å². The van der Waals surface area contributed by atoms with Crippen LogP contribution in [-0.2, 0) is 9.59 Å². The summed E-state index contributed by atoms with van der Waals surface area (Å²) < 4.78 is 0. The van der Waals surface area contributed by atoms with Crippen molar-refractivity contribution in [1.29, 1.82) is 0 Å². The van der Waals surface area contributed by atoms with E-state index < -0.39 is 17.7 Å². The number of nitrogens with two attached hydrogens (primary N) is 1. The van der Waals surface area contributed by atoms with Crippen molar-refractivity contribution in [2.45, 2.75) is 6.92 Å². The molecule has 1 rings (SSSR count). The molecule has 83 valence electrons. The van der Waals surface area contributed by atoms with Gasteiger partial charge in [0.15, 0.2) is 0 Å². The van der Waals surface area contributed by atoms with Gasteiger partial charge in [0.05, 0.1) is 0 Å². The van der Waals surface area contributed by atoms with Crippen molar-refractivity contribution in [3.63, 3.8) is 0 Å². The highest BCUT2D eigenvalue weighted by Crippen LogP contribution is 1.98. The number of aromatic nitrogens is 1. The number of nitrogens with zero attached hydrogens (tertiary/aromatic N) is 1. The zero-order chi connectivity index (χ0) is 12.1. The van der Waals surface area contributed by atoms with Crippen molar-refractivity contribution in [3.8, 4) is 0 Å². The number of primary amides is 1. The summed E-state index contributed by atoms with van der Waals surface area (Å²) in [6.07, 6.45) is 1.42. The third kappa shape index (κ3) is 2.88. The van der Waals surface area contributed by atoms with Gasteiger partial charge in [-0.2, -0.15) is 0 Å². The first kappa shape index (κ1) is 11.8. The van der Waals surface area contributed by atoms with E-state index >= 15 is 0 Å². The van der Waals surface area contributed by atoms with Gasteiger partial charge in [0, 0.05) is 6.20 Å². The summed E-state index contributed by atoms with van der Waals surface area (Å²) in [6.45, 7) is 1.24. The molecule has 0 bridgehead atoms. The Kier molecular flexibility index (Phi) is 3.71. The molecule has 0 spiro atoms. The Hall–Kier alpha value is -2.24. The molecule has 0 atom stereocenters. The number of amides is 3. The molecule has 1 heterocycles. The molecule has 0 aliphatic rings. The van der Waals surface area contributed by atoms with Crippen LogP contribution in [0.25, 0.3) is 0 Å². The molecule has 1 aromatic rings. The van der Waals surface area contributed by atoms with Gasteiger partial charge in [-0.05, 0) is 19.1 Å². The molecule has 1 aromatic heterocycles. The van der Waals surface area contributed by atoms with E-state index in [1.807, 2.05) is 5.32 Å². The summed E-state index contributed by atoms with van der Waals surface area (Å²) in [5.74, 6) is -2.59. The van der Waals surface area contributed by atoms with Gasteiger partial charge in [0.25, 0.3) is 5.91 Å². The zero-order valence-electron chi connectivity index (χ0n) is 8.56. The van der Waals surface area contributed by atoms with Gasteiger partial charge in [-0.25, -0.2) is 0 Å². The van der Waals surface area contributed by atoms with Crippen molar-refractivity contribution in [2.75, 3.05) is 0 Å². The predicted molar refractivity (Wildman–Crippen MR) is 54.8 cm³/mol. The summed E-state index contributed by atoms with van der Waals surface area (Å²) in [7, 11) is 0. The SMILES string of the molecule is C[C](C(N)=O)C(=O)NC(=O)c1ccccn1. The molecule has 6 nitrogen and oxygen atoms in total. The van der Waals surface area contributed by atoms with Gasteiger partial charge < -0.3 is 5.73 Å². The number of carbonyl (C=O) groups is 3. The number of nitrogens with one attached hydrogen (secondary N) is 1. The molecular formula is C10H10N3O3. The van der Waals surface area contributed by atoms with Crippen LogP contribution in [0, 0.1) is 5.92 Å². The number of hydrogen-bond acceptors (Lipinski definition) is 4. The summed E-state index contributed by atoms with van der Waals surface area (Å²) in [5, 5.41) is 2.00. The summed E-state index contributed by atoms with van der Waals surface area (Å²) in [4.78, 5) is 37.1. The van der Waals surface area contributed by atoms with E-state index in [2.05, 4.69) is 4.98 Å². The van der Waals surface area contributed by atoms with Crippen LogP contribution in [0.3, 0.4) is 0 Å². The molecule has 6 heteroatoms. The molecule has 3 amide bonds. The summed E-state index contributed by atoms with van der Waals surface area (Å²) >= 11 is 0. The van der Waals surface area contributed by atoms with Crippen molar-refractivity contribution in [2.24, 2.45) is 5.73 Å². The Balaban J connectivity index is 2.66. The predicted octanol–water partition coefficient (Wildman–Crippen LogP) is -0.582. The second-order valence-corrected chi connectivity index (χ2v) is 2.99. The first-order valence-corrected chi connectivity index (χ1v) is 4.42. The number of carbonyl (C=O) groups excluding carboxylic acids is 3. The molecule has 0 aliphatic heterocycles. The molecule has 0 fully saturated rings. The fourth-order valence-corrected chi connectivity index (χ4v) is 0.870. The minimum absolute atomic E-state index is 0.0909. The van der Waals surface area contributed by atoms with Crippen LogP contribution in [0.1, 0.15) is 17.4 Å². The average molecular weight is 220 g/mol. The highest BCUT2D eigenvalue weighted by atomic mass is 16.2. The fourth-order valence-electron chi connectivity index (χ4n) is 0.870. The van der Waals surface area contributed by atoms with Crippen LogP contribution in [0.2, 0.25) is 0 Å². The van der Waals surface area contributed by atoms with Gasteiger partial charge in [0.2, 0.25) is 11.8 Å². The van der Waals surface area contributed by atoms with E-state index in [0.29, 0.717) is 0 Å². The maximum Gasteiger partial charge on any atom is 0.276 e. The van der Waals surface area contributed by atoms with E-state index in [1.165, 1.54) is 19.2 Å². The minimum atomic E-state index is -0.869. The molecule has 0 aliphatic carbocycles. The lowest BCUT2D eigenvalue weighted by molar-refractivity contribution is -0.124. The van der Waals surface area contributed by atoms with Crippen LogP contribution in [-0.4, -0.2) is 22.7 Å². The van der Waals surface area contributed by atoms with E-state index in [4.69, 9.17) is 5.73 Å². The molecular weight excluding hydrogens is 210 g/mol. The number of hydrogen-bond donors (Lipinski definition) is 2. The first-order chi connectivity index (χ1) is 7.52. The van der Waals surface area contributed by atoms with Gasteiger partial charge in [-0.3, -0.25) is 24.7 Å². The summed E-state index contributed by atoms with van der Waals surface area (Å²) in [5.41, 5.74) is 4.98. The molecule has 1 radical (unpaired) electrons. The number of rotatable bonds is 3.